The molecular formula is C53H70N4O3. The second-order valence-corrected chi connectivity index (χ2v) is 18.8. The third kappa shape index (κ3) is 10.1. The standard InChI is InChI=1S/C53H70N4O3/c1-12-39-35(8)43-28-45-37(10)41(23-24-50(59)60-26-25-34(7)22-16-21-33(6)20-15-19-32(5)18-14-17-31(3)4)52(56-45)42-27-49(58)51-38(11)46(57-53(42)51)30-48-40(13-2)36(9)44(55-48)29-47(39)54-43/h12,25,28-33,37,41H,1,13-24,26-27H2,2-11H3. The third-order valence-electron chi connectivity index (χ3n) is 13.7. The highest BCUT2D eigenvalue weighted by molar-refractivity contribution is 6.38. The molecule has 320 valence electrons. The smallest absolute Gasteiger partial charge is 0.306 e. The second-order valence-electron chi connectivity index (χ2n) is 18.8. The lowest BCUT2D eigenvalue weighted by atomic mass is 9.84. The van der Waals surface area contributed by atoms with E-state index in [-0.39, 0.29) is 43.0 Å². The number of nitrogens with zero attached hydrogens (tertiary/aromatic N) is 4. The number of fused-ring (bicyclic) bond motifs is 4. The van der Waals surface area contributed by atoms with Gasteiger partial charge in [0.1, 0.15) is 6.61 Å². The van der Waals surface area contributed by atoms with Crippen LogP contribution in [-0.4, -0.2) is 41.2 Å². The number of carbonyl (C=O) groups is 2. The van der Waals surface area contributed by atoms with Crippen molar-refractivity contribution in [2.75, 3.05) is 6.61 Å². The van der Waals surface area contributed by atoms with Gasteiger partial charge >= 0.3 is 5.97 Å². The zero-order valence-electron chi connectivity index (χ0n) is 38.4. The number of carbonyl (C=O) groups excluding carboxylic acids is 2. The number of aliphatic imine (C=N–C) groups is 4. The summed E-state index contributed by atoms with van der Waals surface area (Å²) >= 11 is 0. The maximum atomic E-state index is 13.7. The monoisotopic (exact) mass is 811 g/mol. The Balaban J connectivity index is 1.13. The molecule has 60 heavy (non-hydrogen) atoms. The average molecular weight is 811 g/mol. The van der Waals surface area contributed by atoms with Crippen LogP contribution in [0.3, 0.4) is 0 Å². The molecule has 1 aliphatic carbocycles. The van der Waals surface area contributed by atoms with E-state index >= 15 is 0 Å². The van der Waals surface area contributed by atoms with Gasteiger partial charge in [0.15, 0.2) is 5.78 Å². The van der Waals surface area contributed by atoms with Crippen LogP contribution in [0.4, 0.5) is 0 Å². The summed E-state index contributed by atoms with van der Waals surface area (Å²) in [5.41, 5.74) is 14.6. The molecule has 1 fully saturated rings. The zero-order valence-corrected chi connectivity index (χ0v) is 38.4. The van der Waals surface area contributed by atoms with E-state index in [1.807, 2.05) is 19.1 Å². The van der Waals surface area contributed by atoms with Crippen molar-refractivity contribution in [2.45, 2.75) is 153 Å². The first-order chi connectivity index (χ1) is 28.7. The van der Waals surface area contributed by atoms with E-state index in [1.54, 1.807) is 0 Å². The fourth-order valence-electron chi connectivity index (χ4n) is 9.70. The quantitative estimate of drug-likeness (QED) is 0.0960. The summed E-state index contributed by atoms with van der Waals surface area (Å²) in [6.07, 6.45) is 23.5. The Bertz CT molecular complexity index is 2170. The van der Waals surface area contributed by atoms with E-state index in [9.17, 15) is 9.59 Å². The highest BCUT2D eigenvalue weighted by Crippen LogP contribution is 2.45. The lowest BCUT2D eigenvalue weighted by Gasteiger charge is -2.18. The summed E-state index contributed by atoms with van der Waals surface area (Å²) in [6.45, 7) is 26.5. The van der Waals surface area contributed by atoms with Crippen molar-refractivity contribution in [2.24, 2.45) is 49.6 Å². The highest BCUT2D eigenvalue weighted by atomic mass is 16.5. The van der Waals surface area contributed by atoms with Gasteiger partial charge in [0.2, 0.25) is 0 Å². The molecule has 7 heteroatoms. The second kappa shape index (κ2) is 19.9. The highest BCUT2D eigenvalue weighted by Gasteiger charge is 2.42. The molecule has 0 saturated heterocycles. The molecule has 4 unspecified atom stereocenters. The molecule has 7 nitrogen and oxygen atoms in total. The molecule has 5 aliphatic heterocycles. The van der Waals surface area contributed by atoms with Crippen molar-refractivity contribution < 1.29 is 14.3 Å². The van der Waals surface area contributed by atoms with Gasteiger partial charge in [0.05, 0.1) is 39.9 Å². The molecule has 0 radical (unpaired) electrons. The van der Waals surface area contributed by atoms with Crippen LogP contribution in [0.25, 0.3) is 0 Å². The maximum Gasteiger partial charge on any atom is 0.306 e. The first-order valence-electron chi connectivity index (χ1n) is 23.0. The van der Waals surface area contributed by atoms with Gasteiger partial charge in [-0.15, -0.1) is 0 Å². The zero-order chi connectivity index (χ0) is 43.2. The van der Waals surface area contributed by atoms with Gasteiger partial charge in [-0.2, -0.15) is 0 Å². The van der Waals surface area contributed by atoms with Crippen molar-refractivity contribution in [1.29, 1.82) is 0 Å². The molecule has 0 spiro atoms. The Morgan fingerprint density at radius 3 is 2.15 bits per heavy atom. The number of ether oxygens (including phenoxy) is 1. The van der Waals surface area contributed by atoms with Crippen molar-refractivity contribution in [1.82, 2.24) is 0 Å². The molecule has 8 bridgehead atoms. The Hall–Kier alpha value is -4.52. The normalized spacial score (nSPS) is 22.4. The topological polar surface area (TPSA) is 92.8 Å². The molecule has 0 amide bonds. The van der Waals surface area contributed by atoms with Gasteiger partial charge in [-0.25, -0.2) is 15.0 Å². The largest absolute Gasteiger partial charge is 0.461 e. The molecule has 4 atom stereocenters. The molecule has 0 aromatic heterocycles. The van der Waals surface area contributed by atoms with Gasteiger partial charge in [-0.05, 0) is 118 Å². The van der Waals surface area contributed by atoms with E-state index < -0.39 is 0 Å². The molecule has 0 aromatic carbocycles. The SMILES string of the molecule is C=CC1=C(C)C2=CC3=NC(=C4CC(=O)C5=C(C)C(=CC6=NC(=CC1=N2)C(C)=C6CC)N=C45)C(CCC(=O)OCC=C(C)CCCC(C)CCCC(C)CCCC(C)C)C3C. The van der Waals surface area contributed by atoms with Crippen LogP contribution in [0.15, 0.2) is 124 Å². The summed E-state index contributed by atoms with van der Waals surface area (Å²) in [5, 5.41) is 0. The minimum Gasteiger partial charge on any atom is -0.461 e. The Morgan fingerprint density at radius 2 is 1.47 bits per heavy atom. The number of hydrogen-bond donors (Lipinski definition) is 0. The molecular weight excluding hydrogens is 741 g/mol. The van der Waals surface area contributed by atoms with Crippen molar-refractivity contribution >= 4 is 34.6 Å². The van der Waals surface area contributed by atoms with Crippen LogP contribution >= 0.6 is 0 Å². The van der Waals surface area contributed by atoms with Crippen molar-refractivity contribution in [3.63, 3.8) is 0 Å². The number of Topliss-reactive ketones (excluding diaryl/α,β-unsaturated/α-hetero) is 1. The fraction of sp³-hybridized carbons (Fsp3) is 0.547. The Morgan fingerprint density at radius 1 is 0.833 bits per heavy atom. The third-order valence-corrected chi connectivity index (χ3v) is 13.7. The minimum atomic E-state index is -0.214. The van der Waals surface area contributed by atoms with Gasteiger partial charge in [-0.1, -0.05) is 105 Å². The van der Waals surface area contributed by atoms with Crippen LogP contribution < -0.4 is 0 Å². The number of rotatable bonds is 19. The Labute approximate surface area is 360 Å². The summed E-state index contributed by atoms with van der Waals surface area (Å²) in [4.78, 5) is 47.6. The number of allylic oxidation sites excluding steroid dienone is 13. The van der Waals surface area contributed by atoms with E-state index in [0.29, 0.717) is 12.0 Å². The Kier molecular flexibility index (Phi) is 14.9. The number of esters is 1. The minimum absolute atomic E-state index is 0.0104. The molecule has 0 N–H and O–H groups in total. The van der Waals surface area contributed by atoms with Crippen LogP contribution in [0, 0.1) is 29.6 Å². The van der Waals surface area contributed by atoms with E-state index in [0.717, 1.165) is 116 Å². The van der Waals surface area contributed by atoms with Crippen molar-refractivity contribution in [3.05, 3.63) is 104 Å². The van der Waals surface area contributed by atoms with E-state index in [2.05, 4.69) is 87.1 Å². The predicted octanol–water partition coefficient (Wildman–Crippen LogP) is 13.2. The van der Waals surface area contributed by atoms with Crippen LogP contribution in [0.2, 0.25) is 0 Å². The van der Waals surface area contributed by atoms with Crippen LogP contribution in [0.5, 0.6) is 0 Å². The molecule has 0 aromatic rings. The lowest BCUT2D eigenvalue weighted by molar-refractivity contribution is -0.142. The van der Waals surface area contributed by atoms with E-state index in [4.69, 9.17) is 24.7 Å². The summed E-state index contributed by atoms with van der Waals surface area (Å²) < 4.78 is 5.78. The maximum absolute atomic E-state index is 13.7. The van der Waals surface area contributed by atoms with Crippen LogP contribution in [-0.2, 0) is 14.3 Å². The average Bonchev–Trinajstić information content (AvgIpc) is 3.95. The van der Waals surface area contributed by atoms with Gasteiger partial charge < -0.3 is 4.74 Å². The summed E-state index contributed by atoms with van der Waals surface area (Å²) in [6, 6.07) is 0. The van der Waals surface area contributed by atoms with Gasteiger partial charge in [0, 0.05) is 47.1 Å². The fourth-order valence-corrected chi connectivity index (χ4v) is 9.70. The summed E-state index contributed by atoms with van der Waals surface area (Å²) in [5.74, 6) is 2.15. The molecule has 1 saturated carbocycles. The first-order valence-corrected chi connectivity index (χ1v) is 23.0. The summed E-state index contributed by atoms with van der Waals surface area (Å²) in [7, 11) is 0. The first kappa shape index (κ1) is 45.0. The van der Waals surface area contributed by atoms with Crippen molar-refractivity contribution in [3.8, 4) is 0 Å². The van der Waals surface area contributed by atoms with E-state index in [1.165, 1.54) is 50.5 Å². The molecule has 6 aliphatic rings. The number of hydrogen-bond acceptors (Lipinski definition) is 7. The predicted molar refractivity (Wildman–Crippen MR) is 251 cm³/mol. The molecule has 6 rings (SSSR count). The van der Waals surface area contributed by atoms with Crippen LogP contribution in [0.1, 0.15) is 153 Å². The molecule has 5 heterocycles. The van der Waals surface area contributed by atoms with Gasteiger partial charge in [-0.3, -0.25) is 14.6 Å². The van der Waals surface area contributed by atoms with Gasteiger partial charge in [0.25, 0.3) is 0 Å². The lowest BCUT2D eigenvalue weighted by Crippen LogP contribution is -2.17. The number of ketones is 1.